The average molecular weight is 268 g/mol. The number of nitrogens with one attached hydrogen (secondary N) is 1. The third-order valence-electron chi connectivity index (χ3n) is 2.58. The van der Waals surface area contributed by atoms with Crippen LogP contribution in [0.4, 0.5) is 0 Å². The molecule has 0 atom stereocenters. The molecule has 2 N–H and O–H groups in total. The highest BCUT2D eigenvalue weighted by Gasteiger charge is 2.23. The second-order valence-electron chi connectivity index (χ2n) is 3.94. The Labute approximate surface area is 110 Å². The fourth-order valence-corrected chi connectivity index (χ4v) is 1.53. The summed E-state index contributed by atoms with van der Waals surface area (Å²) >= 11 is 0. The van der Waals surface area contributed by atoms with E-state index in [0.29, 0.717) is 6.42 Å². The largest absolute Gasteiger partial charge is 0.478 e. The molecule has 0 radical (unpaired) electrons. The minimum absolute atomic E-state index is 0.0285. The standard InChI is InChI=1S/C12H16N2O5/c1-4-8-7(12(17)18)5-9(19-8)11(16)14(3)6-10(15)13-2/h5H,4,6H2,1-3H3,(H,13,15)(H,17,18). The van der Waals surface area contributed by atoms with Crippen LogP contribution in [0.3, 0.4) is 0 Å². The van der Waals surface area contributed by atoms with Gasteiger partial charge in [-0.15, -0.1) is 0 Å². The fourth-order valence-electron chi connectivity index (χ4n) is 1.53. The highest BCUT2D eigenvalue weighted by Crippen LogP contribution is 2.17. The molecule has 0 unspecified atom stereocenters. The first-order valence-electron chi connectivity index (χ1n) is 5.72. The second-order valence-corrected chi connectivity index (χ2v) is 3.94. The van der Waals surface area contributed by atoms with Gasteiger partial charge < -0.3 is 19.7 Å². The Morgan fingerprint density at radius 1 is 1.42 bits per heavy atom. The first-order chi connectivity index (χ1) is 8.90. The van der Waals surface area contributed by atoms with Crippen LogP contribution in [-0.4, -0.2) is 48.4 Å². The number of carboxylic acid groups (broad SMARTS) is 1. The number of hydrogen-bond donors (Lipinski definition) is 2. The van der Waals surface area contributed by atoms with Gasteiger partial charge in [-0.2, -0.15) is 0 Å². The summed E-state index contributed by atoms with van der Waals surface area (Å²) in [5.74, 6) is -1.85. The zero-order valence-corrected chi connectivity index (χ0v) is 11.0. The summed E-state index contributed by atoms with van der Waals surface area (Å²) in [4.78, 5) is 35.2. The topological polar surface area (TPSA) is 99.9 Å². The summed E-state index contributed by atoms with van der Waals surface area (Å²) < 4.78 is 5.22. The summed E-state index contributed by atoms with van der Waals surface area (Å²) in [5, 5.41) is 11.4. The Kier molecular flexibility index (Phi) is 4.68. The van der Waals surface area contributed by atoms with Gasteiger partial charge in [-0.3, -0.25) is 9.59 Å². The van der Waals surface area contributed by atoms with Gasteiger partial charge in [0.05, 0.1) is 6.54 Å². The third kappa shape index (κ3) is 3.34. The Hall–Kier alpha value is -2.31. The van der Waals surface area contributed by atoms with Crippen LogP contribution in [-0.2, 0) is 11.2 Å². The quantitative estimate of drug-likeness (QED) is 0.803. The van der Waals surface area contributed by atoms with Crippen molar-refractivity contribution in [2.45, 2.75) is 13.3 Å². The highest BCUT2D eigenvalue weighted by atomic mass is 16.4. The molecule has 0 saturated heterocycles. The number of hydrogen-bond acceptors (Lipinski definition) is 4. The van der Waals surface area contributed by atoms with Gasteiger partial charge in [-0.25, -0.2) is 4.79 Å². The molecule has 0 fully saturated rings. The molecule has 7 heteroatoms. The van der Waals surface area contributed by atoms with Crippen LogP contribution < -0.4 is 5.32 Å². The van der Waals surface area contributed by atoms with E-state index in [1.807, 2.05) is 0 Å². The molecule has 0 bridgehead atoms. The summed E-state index contributed by atoms with van der Waals surface area (Å²) in [7, 11) is 2.90. The molecule has 104 valence electrons. The van der Waals surface area contributed by atoms with E-state index >= 15 is 0 Å². The minimum atomic E-state index is -1.14. The molecule has 19 heavy (non-hydrogen) atoms. The predicted octanol–water partition coefficient (Wildman–Crippen LogP) is 0.358. The van der Waals surface area contributed by atoms with E-state index in [-0.39, 0.29) is 29.5 Å². The lowest BCUT2D eigenvalue weighted by Crippen LogP contribution is -2.36. The van der Waals surface area contributed by atoms with Gasteiger partial charge in [0.25, 0.3) is 5.91 Å². The normalized spacial score (nSPS) is 10.1. The molecule has 0 spiro atoms. The molecule has 1 heterocycles. The number of carboxylic acids is 1. The van der Waals surface area contributed by atoms with Gasteiger partial charge >= 0.3 is 5.97 Å². The fraction of sp³-hybridized carbons (Fsp3) is 0.417. The van der Waals surface area contributed by atoms with Crippen molar-refractivity contribution in [3.05, 3.63) is 23.2 Å². The average Bonchev–Trinajstić information content (AvgIpc) is 2.81. The highest BCUT2D eigenvalue weighted by molar-refractivity contribution is 5.97. The monoisotopic (exact) mass is 268 g/mol. The maximum atomic E-state index is 12.0. The third-order valence-corrected chi connectivity index (χ3v) is 2.58. The van der Waals surface area contributed by atoms with Crippen molar-refractivity contribution in [2.75, 3.05) is 20.6 Å². The number of carbonyl (C=O) groups is 3. The summed E-state index contributed by atoms with van der Waals surface area (Å²) in [6.07, 6.45) is 0.369. The number of furan rings is 1. The van der Waals surface area contributed by atoms with Crippen LogP contribution >= 0.6 is 0 Å². The van der Waals surface area contributed by atoms with E-state index in [1.54, 1.807) is 6.92 Å². The van der Waals surface area contributed by atoms with Gasteiger partial charge in [-0.05, 0) is 0 Å². The number of likely N-dealkylation sites (N-methyl/N-ethyl adjacent to an activating group) is 2. The smallest absolute Gasteiger partial charge is 0.339 e. The van der Waals surface area contributed by atoms with Crippen molar-refractivity contribution < 1.29 is 23.9 Å². The molecule has 7 nitrogen and oxygen atoms in total. The number of aromatic carboxylic acids is 1. The molecule has 2 amide bonds. The van der Waals surface area contributed by atoms with Crippen molar-refractivity contribution in [1.82, 2.24) is 10.2 Å². The predicted molar refractivity (Wildman–Crippen MR) is 66.1 cm³/mol. The van der Waals surface area contributed by atoms with Crippen molar-refractivity contribution in [2.24, 2.45) is 0 Å². The number of rotatable bonds is 5. The van der Waals surface area contributed by atoms with Crippen molar-refractivity contribution in [3.63, 3.8) is 0 Å². The molecule has 1 aromatic heterocycles. The Morgan fingerprint density at radius 3 is 2.47 bits per heavy atom. The molecular formula is C12H16N2O5. The number of aryl methyl sites for hydroxylation is 1. The molecule has 0 aliphatic heterocycles. The van der Waals surface area contributed by atoms with Crippen LogP contribution in [0.25, 0.3) is 0 Å². The molecule has 0 aromatic carbocycles. The molecule has 0 aliphatic carbocycles. The van der Waals surface area contributed by atoms with E-state index in [4.69, 9.17) is 9.52 Å². The number of amides is 2. The zero-order chi connectivity index (χ0) is 14.6. The lowest BCUT2D eigenvalue weighted by atomic mass is 10.2. The van der Waals surface area contributed by atoms with Gasteiger partial charge in [0.15, 0.2) is 5.76 Å². The summed E-state index contributed by atoms with van der Waals surface area (Å²) in [5.41, 5.74) is -0.0285. The van der Waals surface area contributed by atoms with Crippen LogP contribution in [0.15, 0.2) is 10.5 Å². The summed E-state index contributed by atoms with van der Waals surface area (Å²) in [6.45, 7) is 1.60. The van der Waals surface area contributed by atoms with Gasteiger partial charge in [-0.1, -0.05) is 6.92 Å². The molecule has 0 saturated carbocycles. The van der Waals surface area contributed by atoms with E-state index in [9.17, 15) is 14.4 Å². The van der Waals surface area contributed by atoms with Crippen molar-refractivity contribution in [3.8, 4) is 0 Å². The van der Waals surface area contributed by atoms with E-state index in [0.717, 1.165) is 4.90 Å². The van der Waals surface area contributed by atoms with E-state index in [1.165, 1.54) is 20.2 Å². The van der Waals surface area contributed by atoms with Crippen LogP contribution in [0.1, 0.15) is 33.6 Å². The second kappa shape index (κ2) is 6.03. The SMILES string of the molecule is CCc1oc(C(=O)N(C)CC(=O)NC)cc1C(=O)O. The van der Waals surface area contributed by atoms with E-state index < -0.39 is 11.9 Å². The van der Waals surface area contributed by atoms with E-state index in [2.05, 4.69) is 5.32 Å². The van der Waals surface area contributed by atoms with Gasteiger partial charge in [0.2, 0.25) is 5.91 Å². The van der Waals surface area contributed by atoms with Crippen LogP contribution in [0, 0.1) is 0 Å². The number of nitrogens with zero attached hydrogens (tertiary/aromatic N) is 1. The Balaban J connectivity index is 2.94. The molecular weight excluding hydrogens is 252 g/mol. The lowest BCUT2D eigenvalue weighted by Gasteiger charge is -2.14. The van der Waals surface area contributed by atoms with Crippen molar-refractivity contribution >= 4 is 17.8 Å². The zero-order valence-electron chi connectivity index (χ0n) is 11.0. The Morgan fingerprint density at radius 2 is 2.05 bits per heavy atom. The van der Waals surface area contributed by atoms with Crippen LogP contribution in [0.2, 0.25) is 0 Å². The van der Waals surface area contributed by atoms with Gasteiger partial charge in [0, 0.05) is 26.6 Å². The maximum Gasteiger partial charge on any atom is 0.339 e. The lowest BCUT2D eigenvalue weighted by molar-refractivity contribution is -0.121. The number of carbonyl (C=O) groups excluding carboxylic acids is 2. The molecule has 1 aromatic rings. The van der Waals surface area contributed by atoms with Crippen molar-refractivity contribution in [1.29, 1.82) is 0 Å². The Bertz CT molecular complexity index is 506. The van der Waals surface area contributed by atoms with Gasteiger partial charge in [0.1, 0.15) is 11.3 Å². The first-order valence-corrected chi connectivity index (χ1v) is 5.72. The first kappa shape index (κ1) is 14.7. The molecule has 0 aliphatic rings. The van der Waals surface area contributed by atoms with Crippen LogP contribution in [0.5, 0.6) is 0 Å². The maximum absolute atomic E-state index is 12.0. The molecule has 1 rings (SSSR count). The summed E-state index contributed by atoms with van der Waals surface area (Å²) in [6, 6.07) is 1.18. The minimum Gasteiger partial charge on any atom is -0.478 e.